The summed E-state index contributed by atoms with van der Waals surface area (Å²) in [5.74, 6) is -0.778. The molecule has 8 heteroatoms. The monoisotopic (exact) mass is 524 g/mol. The molecule has 2 aliphatic heterocycles. The molecule has 0 bridgehead atoms. The average molecular weight is 525 g/mol. The van der Waals surface area contributed by atoms with Gasteiger partial charge in [0.1, 0.15) is 0 Å². The number of hydrogen-bond acceptors (Lipinski definition) is 3. The Morgan fingerprint density at radius 2 is 1.79 bits per heavy atom. The Balaban J connectivity index is 1.61. The van der Waals surface area contributed by atoms with E-state index >= 15 is 0 Å². The number of ether oxygens (including phenoxy) is 1. The highest BCUT2D eigenvalue weighted by Crippen LogP contribution is 2.50. The second kappa shape index (κ2) is 9.39. The Bertz CT molecular complexity index is 977. The van der Waals surface area contributed by atoms with E-state index in [9.17, 15) is 18.0 Å². The van der Waals surface area contributed by atoms with E-state index in [1.807, 2.05) is 18.2 Å². The number of likely N-dealkylation sites (tertiary alicyclic amines) is 1. The maximum absolute atomic E-state index is 14.4. The summed E-state index contributed by atoms with van der Waals surface area (Å²) in [4.78, 5) is 14.8. The highest BCUT2D eigenvalue weighted by Gasteiger charge is 2.64. The summed E-state index contributed by atoms with van der Waals surface area (Å²) in [6, 6.07) is 16.0. The Morgan fingerprint density at radius 1 is 1.09 bits per heavy atom. The van der Waals surface area contributed by atoms with Gasteiger partial charge in [-0.05, 0) is 48.9 Å². The number of rotatable bonds is 4. The molecule has 0 aliphatic carbocycles. The molecule has 1 amide bonds. The van der Waals surface area contributed by atoms with Crippen molar-refractivity contribution in [1.29, 1.82) is 0 Å². The van der Waals surface area contributed by atoms with Gasteiger partial charge in [-0.25, -0.2) is 0 Å². The molecule has 0 aromatic heterocycles. The molecule has 2 fully saturated rings. The SMILES string of the molecule is COC(C(=O)N1CCC2(CCNCC2c2ccccc2)CC1)(c1cccc(Br)c1)C(F)(F)F. The van der Waals surface area contributed by atoms with Gasteiger partial charge in [-0.1, -0.05) is 58.4 Å². The number of nitrogens with one attached hydrogen (secondary N) is 1. The van der Waals surface area contributed by atoms with Crippen LogP contribution in [-0.2, 0) is 15.1 Å². The Morgan fingerprint density at radius 3 is 2.39 bits per heavy atom. The number of methoxy groups -OCH3 is 1. The molecule has 2 saturated heterocycles. The molecule has 0 radical (unpaired) electrons. The van der Waals surface area contributed by atoms with Crippen LogP contribution in [0.2, 0.25) is 0 Å². The number of amides is 1. The molecule has 1 N–H and O–H groups in total. The van der Waals surface area contributed by atoms with Crippen LogP contribution < -0.4 is 5.32 Å². The molecule has 4 rings (SSSR count). The van der Waals surface area contributed by atoms with Crippen molar-refractivity contribution in [3.63, 3.8) is 0 Å². The molecule has 0 saturated carbocycles. The summed E-state index contributed by atoms with van der Waals surface area (Å²) in [7, 11) is 0.954. The molecule has 4 nitrogen and oxygen atoms in total. The summed E-state index contributed by atoms with van der Waals surface area (Å²) in [6.45, 7) is 2.26. The number of benzene rings is 2. The van der Waals surface area contributed by atoms with Gasteiger partial charge in [-0.3, -0.25) is 4.79 Å². The summed E-state index contributed by atoms with van der Waals surface area (Å²) in [5, 5.41) is 3.47. The van der Waals surface area contributed by atoms with E-state index in [4.69, 9.17) is 4.74 Å². The van der Waals surface area contributed by atoms with E-state index < -0.39 is 17.7 Å². The first-order chi connectivity index (χ1) is 15.7. The standard InChI is InChI=1S/C25H28BrF3N2O2/c1-33-24(25(27,28)29,19-8-5-9-20(26)16-19)22(32)31-14-11-23(12-15-31)10-13-30-17-21(23)18-6-3-2-4-7-18/h2-9,16,21,30H,10-15,17H2,1H3. The Hall–Kier alpha value is -1.90. The molecule has 2 atom stereocenters. The number of carbonyl (C=O) groups excluding carboxylic acids is 1. The van der Waals surface area contributed by atoms with Crippen molar-refractivity contribution in [2.75, 3.05) is 33.3 Å². The normalized spacial score (nSPS) is 22.7. The number of nitrogens with zero attached hydrogens (tertiary/aromatic N) is 1. The first-order valence-corrected chi connectivity index (χ1v) is 12.0. The van der Waals surface area contributed by atoms with Gasteiger partial charge in [0.15, 0.2) is 0 Å². The maximum atomic E-state index is 14.4. The van der Waals surface area contributed by atoms with Crippen molar-refractivity contribution in [3.05, 3.63) is 70.2 Å². The zero-order chi connectivity index (χ0) is 23.7. The summed E-state index contributed by atoms with van der Waals surface area (Å²) >= 11 is 3.22. The molecule has 2 aromatic rings. The zero-order valence-corrected chi connectivity index (χ0v) is 20.1. The van der Waals surface area contributed by atoms with Crippen molar-refractivity contribution >= 4 is 21.8 Å². The molecule has 1 spiro atoms. The van der Waals surface area contributed by atoms with Crippen LogP contribution in [-0.4, -0.2) is 50.3 Å². The fourth-order valence-corrected chi connectivity index (χ4v) is 5.94. The van der Waals surface area contributed by atoms with Crippen molar-refractivity contribution < 1.29 is 22.7 Å². The van der Waals surface area contributed by atoms with Crippen molar-refractivity contribution in [3.8, 4) is 0 Å². The van der Waals surface area contributed by atoms with E-state index in [2.05, 4.69) is 33.4 Å². The molecule has 2 heterocycles. The molecule has 178 valence electrons. The highest BCUT2D eigenvalue weighted by molar-refractivity contribution is 9.10. The summed E-state index contributed by atoms with van der Waals surface area (Å²) in [5.41, 5.74) is -2.05. The molecule has 2 aromatic carbocycles. The van der Waals surface area contributed by atoms with Gasteiger partial charge < -0.3 is 15.0 Å². The van der Waals surface area contributed by atoms with Crippen LogP contribution in [0.25, 0.3) is 0 Å². The minimum absolute atomic E-state index is 0.0346. The Labute approximate surface area is 200 Å². The van der Waals surface area contributed by atoms with E-state index in [0.717, 1.165) is 26.6 Å². The van der Waals surface area contributed by atoms with E-state index in [1.54, 1.807) is 6.07 Å². The fraction of sp³-hybridized carbons (Fsp3) is 0.480. The topological polar surface area (TPSA) is 41.6 Å². The predicted molar refractivity (Wildman–Crippen MR) is 124 cm³/mol. The third-order valence-electron chi connectivity index (χ3n) is 7.37. The van der Waals surface area contributed by atoms with Gasteiger partial charge in [-0.15, -0.1) is 0 Å². The van der Waals surface area contributed by atoms with Crippen molar-refractivity contribution in [2.24, 2.45) is 5.41 Å². The number of piperidine rings is 2. The molecule has 2 aliphatic rings. The Kier molecular flexibility index (Phi) is 6.90. The zero-order valence-electron chi connectivity index (χ0n) is 18.5. The van der Waals surface area contributed by atoms with Gasteiger partial charge in [0.2, 0.25) is 0 Å². The highest BCUT2D eigenvalue weighted by atomic mass is 79.9. The van der Waals surface area contributed by atoms with Crippen LogP contribution >= 0.6 is 15.9 Å². The number of carbonyl (C=O) groups is 1. The quantitative estimate of drug-likeness (QED) is 0.594. The number of hydrogen-bond donors (Lipinski definition) is 1. The molecule has 2 unspecified atom stereocenters. The molecular formula is C25H28BrF3N2O2. The molecular weight excluding hydrogens is 497 g/mol. The fourth-order valence-electron chi connectivity index (χ4n) is 5.54. The molecule has 33 heavy (non-hydrogen) atoms. The number of alkyl halides is 3. The van der Waals surface area contributed by atoms with Gasteiger partial charge in [0.05, 0.1) is 0 Å². The smallest absolute Gasteiger partial charge is 0.356 e. The van der Waals surface area contributed by atoms with Gasteiger partial charge in [0, 0.05) is 42.7 Å². The van der Waals surface area contributed by atoms with Crippen LogP contribution in [0.3, 0.4) is 0 Å². The van der Waals surface area contributed by atoms with E-state index in [0.29, 0.717) is 17.3 Å². The average Bonchev–Trinajstić information content (AvgIpc) is 2.80. The van der Waals surface area contributed by atoms with Crippen LogP contribution in [0.5, 0.6) is 0 Å². The van der Waals surface area contributed by atoms with Crippen LogP contribution in [0.1, 0.15) is 36.3 Å². The lowest BCUT2D eigenvalue weighted by atomic mass is 9.62. The minimum atomic E-state index is -4.91. The largest absolute Gasteiger partial charge is 0.430 e. The summed E-state index contributed by atoms with van der Waals surface area (Å²) in [6.07, 6.45) is -2.64. The predicted octanol–water partition coefficient (Wildman–Crippen LogP) is 5.24. The van der Waals surface area contributed by atoms with Gasteiger partial charge in [0.25, 0.3) is 11.5 Å². The lowest BCUT2D eigenvalue weighted by Gasteiger charge is -2.50. The van der Waals surface area contributed by atoms with Crippen LogP contribution in [0.15, 0.2) is 59.1 Å². The van der Waals surface area contributed by atoms with Crippen molar-refractivity contribution in [2.45, 2.75) is 37.0 Å². The minimum Gasteiger partial charge on any atom is -0.356 e. The first kappa shape index (κ1) is 24.2. The lowest BCUT2D eigenvalue weighted by molar-refractivity contribution is -0.271. The van der Waals surface area contributed by atoms with Gasteiger partial charge in [-0.2, -0.15) is 13.2 Å². The second-order valence-corrected chi connectivity index (χ2v) is 9.88. The summed E-state index contributed by atoms with van der Waals surface area (Å²) < 4.78 is 48.8. The maximum Gasteiger partial charge on any atom is 0.430 e. The second-order valence-electron chi connectivity index (χ2n) is 8.97. The van der Waals surface area contributed by atoms with Gasteiger partial charge >= 0.3 is 6.18 Å². The van der Waals surface area contributed by atoms with Crippen molar-refractivity contribution in [1.82, 2.24) is 10.2 Å². The third kappa shape index (κ3) is 4.33. The first-order valence-electron chi connectivity index (χ1n) is 11.2. The van der Waals surface area contributed by atoms with E-state index in [1.165, 1.54) is 28.7 Å². The van der Waals surface area contributed by atoms with Crippen LogP contribution in [0.4, 0.5) is 13.2 Å². The third-order valence-corrected chi connectivity index (χ3v) is 7.87. The lowest BCUT2D eigenvalue weighted by Crippen LogP contribution is -2.59. The van der Waals surface area contributed by atoms with Crippen LogP contribution in [0, 0.1) is 5.41 Å². The van der Waals surface area contributed by atoms with E-state index in [-0.39, 0.29) is 30.0 Å². The number of halogens is 4.